The highest BCUT2D eigenvalue weighted by Crippen LogP contribution is 2.64. The van der Waals surface area contributed by atoms with Gasteiger partial charge >= 0.3 is 11.9 Å². The molecule has 3 aliphatic carbocycles. The van der Waals surface area contributed by atoms with Crippen molar-refractivity contribution in [1.29, 1.82) is 0 Å². The summed E-state index contributed by atoms with van der Waals surface area (Å²) in [5.41, 5.74) is -0.368. The molecule has 5 heteroatoms. The summed E-state index contributed by atoms with van der Waals surface area (Å²) in [6.07, 6.45) is 3.26. The van der Waals surface area contributed by atoms with Gasteiger partial charge in [-0.25, -0.2) is 0 Å². The van der Waals surface area contributed by atoms with Crippen LogP contribution in [0.3, 0.4) is 0 Å². The number of hydrogen-bond acceptors (Lipinski definition) is 5. The van der Waals surface area contributed by atoms with Crippen LogP contribution in [0, 0.1) is 28.6 Å². The second kappa shape index (κ2) is 4.70. The highest BCUT2D eigenvalue weighted by atomic mass is 16.6. The van der Waals surface area contributed by atoms with Crippen molar-refractivity contribution in [2.24, 2.45) is 28.6 Å². The van der Waals surface area contributed by atoms with Crippen LogP contribution in [0.4, 0.5) is 0 Å². The Morgan fingerprint density at radius 3 is 2.38 bits per heavy atom. The largest absolute Gasteiger partial charge is 0.462 e. The fraction of sp³-hybridized carbons (Fsp3) is 0.875. The second-order valence-electron chi connectivity index (χ2n) is 7.77. The van der Waals surface area contributed by atoms with Gasteiger partial charge in [-0.05, 0) is 43.9 Å². The number of rotatable bonds is 4. The van der Waals surface area contributed by atoms with E-state index in [1.807, 2.05) is 6.92 Å². The molecule has 21 heavy (non-hydrogen) atoms. The van der Waals surface area contributed by atoms with Crippen molar-refractivity contribution in [2.45, 2.75) is 52.6 Å². The lowest BCUT2D eigenvalue weighted by atomic mass is 9.86. The minimum atomic E-state index is -0.580. The molecule has 0 amide bonds. The zero-order chi connectivity index (χ0) is 15.4. The Hall–Kier alpha value is -1.10. The Labute approximate surface area is 125 Å². The van der Waals surface area contributed by atoms with Crippen molar-refractivity contribution in [3.05, 3.63) is 0 Å². The Morgan fingerprint density at radius 1 is 1.19 bits per heavy atom. The van der Waals surface area contributed by atoms with Crippen LogP contribution in [0.15, 0.2) is 0 Å². The van der Waals surface area contributed by atoms with Gasteiger partial charge in [-0.1, -0.05) is 13.8 Å². The van der Waals surface area contributed by atoms with Crippen molar-refractivity contribution < 1.29 is 24.2 Å². The molecule has 3 saturated carbocycles. The molecule has 1 N–H and O–H groups in total. The summed E-state index contributed by atoms with van der Waals surface area (Å²) in [6, 6.07) is 0. The fourth-order valence-corrected chi connectivity index (χ4v) is 4.32. The molecular weight excluding hydrogens is 272 g/mol. The maximum Gasteiger partial charge on any atom is 0.312 e. The minimum absolute atomic E-state index is 0.0108. The molecule has 5 unspecified atom stereocenters. The zero-order valence-electron chi connectivity index (χ0n) is 12.9. The first-order valence-electron chi connectivity index (χ1n) is 7.77. The molecule has 0 saturated heterocycles. The Kier molecular flexibility index (Phi) is 3.32. The van der Waals surface area contributed by atoms with E-state index in [1.165, 1.54) is 0 Å². The van der Waals surface area contributed by atoms with Crippen LogP contribution in [0.25, 0.3) is 0 Å². The number of aliphatic hydroxyl groups is 1. The average Bonchev–Trinajstić information content (AvgIpc) is 2.77. The van der Waals surface area contributed by atoms with E-state index >= 15 is 0 Å². The van der Waals surface area contributed by atoms with Gasteiger partial charge in [0.05, 0.1) is 11.3 Å². The van der Waals surface area contributed by atoms with Gasteiger partial charge in [-0.2, -0.15) is 0 Å². The first kappa shape index (κ1) is 14.8. The van der Waals surface area contributed by atoms with E-state index in [1.54, 1.807) is 0 Å². The van der Waals surface area contributed by atoms with Gasteiger partial charge in [0.25, 0.3) is 0 Å². The summed E-state index contributed by atoms with van der Waals surface area (Å²) in [5, 5.41) is 8.72. The lowest BCUT2D eigenvalue weighted by Gasteiger charge is -2.29. The highest BCUT2D eigenvalue weighted by Gasteiger charge is 2.64. The average molecular weight is 296 g/mol. The van der Waals surface area contributed by atoms with Crippen molar-refractivity contribution in [2.75, 3.05) is 6.79 Å². The minimum Gasteiger partial charge on any atom is -0.462 e. The van der Waals surface area contributed by atoms with Crippen molar-refractivity contribution in [1.82, 2.24) is 0 Å². The fourth-order valence-electron chi connectivity index (χ4n) is 4.32. The molecule has 0 aliphatic heterocycles. The lowest BCUT2D eigenvalue weighted by Crippen LogP contribution is -2.36. The number of aliphatic hydroxyl groups excluding tert-OH is 1. The Bertz CT molecular complexity index is 471. The van der Waals surface area contributed by atoms with Gasteiger partial charge in [-0.3, -0.25) is 9.59 Å². The molecule has 5 nitrogen and oxygen atoms in total. The van der Waals surface area contributed by atoms with Gasteiger partial charge in [0.1, 0.15) is 6.10 Å². The van der Waals surface area contributed by atoms with E-state index in [-0.39, 0.29) is 40.7 Å². The van der Waals surface area contributed by atoms with E-state index in [0.717, 1.165) is 25.7 Å². The molecule has 2 bridgehead atoms. The number of esters is 2. The van der Waals surface area contributed by atoms with Crippen LogP contribution in [-0.4, -0.2) is 29.9 Å². The van der Waals surface area contributed by atoms with Crippen LogP contribution >= 0.6 is 0 Å². The molecule has 0 spiro atoms. The topological polar surface area (TPSA) is 72.8 Å². The number of ether oxygens (including phenoxy) is 2. The first-order chi connectivity index (χ1) is 9.78. The molecule has 0 aromatic rings. The van der Waals surface area contributed by atoms with Crippen molar-refractivity contribution >= 4 is 11.9 Å². The van der Waals surface area contributed by atoms with Crippen LogP contribution in [0.2, 0.25) is 0 Å². The Balaban J connectivity index is 1.63. The summed E-state index contributed by atoms with van der Waals surface area (Å²) >= 11 is 0. The third kappa shape index (κ3) is 2.26. The normalized spacial score (nSPS) is 42.7. The molecule has 0 heterocycles. The van der Waals surface area contributed by atoms with Gasteiger partial charge in [-0.15, -0.1) is 0 Å². The summed E-state index contributed by atoms with van der Waals surface area (Å²) in [4.78, 5) is 24.3. The van der Waals surface area contributed by atoms with Gasteiger partial charge in [0, 0.05) is 5.92 Å². The van der Waals surface area contributed by atoms with Crippen LogP contribution in [0.5, 0.6) is 0 Å². The molecule has 3 aliphatic rings. The maximum absolute atomic E-state index is 12.4. The van der Waals surface area contributed by atoms with E-state index in [2.05, 4.69) is 13.8 Å². The molecule has 0 aromatic carbocycles. The molecule has 3 rings (SSSR count). The Morgan fingerprint density at radius 2 is 1.86 bits per heavy atom. The molecule has 0 radical (unpaired) electrons. The van der Waals surface area contributed by atoms with E-state index in [4.69, 9.17) is 14.6 Å². The molecule has 0 aromatic heterocycles. The van der Waals surface area contributed by atoms with E-state index in [0.29, 0.717) is 5.92 Å². The van der Waals surface area contributed by atoms with E-state index in [9.17, 15) is 9.59 Å². The van der Waals surface area contributed by atoms with Gasteiger partial charge in [0.2, 0.25) is 0 Å². The molecule has 118 valence electrons. The number of fused-ring (bicyclic) bond motifs is 2. The molecule has 5 atom stereocenters. The third-order valence-electron chi connectivity index (χ3n) is 6.14. The van der Waals surface area contributed by atoms with Crippen LogP contribution in [0.1, 0.15) is 46.5 Å². The summed E-state index contributed by atoms with van der Waals surface area (Å²) in [7, 11) is 0. The van der Waals surface area contributed by atoms with Gasteiger partial charge in [0.15, 0.2) is 6.79 Å². The third-order valence-corrected chi connectivity index (χ3v) is 6.14. The highest BCUT2D eigenvalue weighted by molar-refractivity contribution is 5.81. The standard InChI is InChI=1S/C16H24O5/c1-15(2)7-16(15,3)14(19)21-12-6-9-4-10(12)11(5-9)13(18)20-8-17/h9-12,17H,4-8H2,1-3H3. The van der Waals surface area contributed by atoms with E-state index < -0.39 is 6.79 Å². The molecule has 3 fully saturated rings. The predicted molar refractivity (Wildman–Crippen MR) is 73.9 cm³/mol. The number of hydrogen-bond donors (Lipinski definition) is 1. The monoisotopic (exact) mass is 296 g/mol. The predicted octanol–water partition coefficient (Wildman–Crippen LogP) is 1.87. The van der Waals surface area contributed by atoms with Crippen LogP contribution in [-0.2, 0) is 19.1 Å². The lowest BCUT2D eigenvalue weighted by molar-refractivity contribution is -0.168. The number of carbonyl (C=O) groups excluding carboxylic acids is 2. The quantitative estimate of drug-likeness (QED) is 0.633. The second-order valence-corrected chi connectivity index (χ2v) is 7.77. The number of carbonyl (C=O) groups is 2. The smallest absolute Gasteiger partial charge is 0.312 e. The van der Waals surface area contributed by atoms with Gasteiger partial charge < -0.3 is 14.6 Å². The van der Waals surface area contributed by atoms with Crippen molar-refractivity contribution in [3.63, 3.8) is 0 Å². The summed E-state index contributed by atoms with van der Waals surface area (Å²) in [5.74, 6) is -0.218. The summed E-state index contributed by atoms with van der Waals surface area (Å²) < 4.78 is 10.5. The van der Waals surface area contributed by atoms with Crippen molar-refractivity contribution in [3.8, 4) is 0 Å². The first-order valence-corrected chi connectivity index (χ1v) is 7.77. The summed E-state index contributed by atoms with van der Waals surface area (Å²) in [6.45, 7) is 5.54. The zero-order valence-corrected chi connectivity index (χ0v) is 12.9. The maximum atomic E-state index is 12.4. The molecular formula is C16H24O5. The SMILES string of the molecule is CC1(C)CC1(C)C(=O)OC1CC2CC(C(=O)OCO)C1C2. The van der Waals surface area contributed by atoms with Crippen LogP contribution < -0.4 is 0 Å².